The van der Waals surface area contributed by atoms with Gasteiger partial charge in [0.25, 0.3) is 0 Å². The van der Waals surface area contributed by atoms with Crippen molar-refractivity contribution in [2.45, 2.75) is 45.6 Å². The maximum Gasteiger partial charge on any atom is 0.313 e. The van der Waals surface area contributed by atoms with Crippen LogP contribution in [-0.4, -0.2) is 16.8 Å². The van der Waals surface area contributed by atoms with Crippen molar-refractivity contribution in [1.82, 2.24) is 10.3 Å². The van der Waals surface area contributed by atoms with Gasteiger partial charge >= 0.3 is 11.8 Å². The summed E-state index contributed by atoms with van der Waals surface area (Å²) >= 11 is 1.65. The molecule has 0 saturated carbocycles. The monoisotopic (exact) mass is 343 g/mol. The molecule has 1 aromatic carbocycles. The molecule has 126 valence electrons. The van der Waals surface area contributed by atoms with Crippen molar-refractivity contribution >= 4 is 28.8 Å². The van der Waals surface area contributed by atoms with E-state index in [1.165, 1.54) is 17.7 Å². The van der Waals surface area contributed by atoms with Gasteiger partial charge in [-0.25, -0.2) is 4.98 Å². The summed E-state index contributed by atoms with van der Waals surface area (Å²) in [5, 5.41) is 6.21. The lowest BCUT2D eigenvalue weighted by Crippen LogP contribution is -2.36. The first-order valence-electron chi connectivity index (χ1n) is 8.20. The molecule has 1 heterocycles. The molecule has 0 spiro atoms. The molecule has 0 saturated heterocycles. The van der Waals surface area contributed by atoms with Gasteiger partial charge < -0.3 is 10.6 Å². The van der Waals surface area contributed by atoms with Gasteiger partial charge in [-0.15, -0.1) is 11.3 Å². The molecule has 0 aliphatic heterocycles. The molecule has 5 nitrogen and oxygen atoms in total. The topological polar surface area (TPSA) is 71.1 Å². The second kappa shape index (κ2) is 7.13. The molecule has 24 heavy (non-hydrogen) atoms. The van der Waals surface area contributed by atoms with Crippen molar-refractivity contribution in [3.63, 3.8) is 0 Å². The van der Waals surface area contributed by atoms with Crippen LogP contribution >= 0.6 is 11.3 Å². The lowest BCUT2D eigenvalue weighted by molar-refractivity contribution is -0.136. The van der Waals surface area contributed by atoms with Crippen molar-refractivity contribution in [1.29, 1.82) is 0 Å². The van der Waals surface area contributed by atoms with E-state index in [-0.39, 0.29) is 6.04 Å². The van der Waals surface area contributed by atoms with E-state index in [4.69, 9.17) is 0 Å². The predicted molar refractivity (Wildman–Crippen MR) is 95.1 cm³/mol. The minimum atomic E-state index is -0.660. The third-order valence-corrected chi connectivity index (χ3v) is 5.44. The zero-order valence-corrected chi connectivity index (χ0v) is 14.7. The Kier molecular flexibility index (Phi) is 4.94. The molecule has 0 unspecified atom stereocenters. The van der Waals surface area contributed by atoms with Gasteiger partial charge in [0.05, 0.1) is 11.7 Å². The van der Waals surface area contributed by atoms with Gasteiger partial charge in [-0.2, -0.15) is 0 Å². The van der Waals surface area contributed by atoms with Crippen molar-refractivity contribution in [2.75, 3.05) is 5.32 Å². The number of nitrogens with zero attached hydrogens (tertiary/aromatic N) is 1. The molecule has 1 atom stereocenters. The first-order valence-corrected chi connectivity index (χ1v) is 9.01. The second-order valence-corrected chi connectivity index (χ2v) is 7.26. The van der Waals surface area contributed by atoms with Gasteiger partial charge in [-0.05, 0) is 51.7 Å². The minimum absolute atomic E-state index is 0.267. The zero-order chi connectivity index (χ0) is 17.1. The number of benzene rings is 1. The number of nitrogens with one attached hydrogen (secondary N) is 2. The highest BCUT2D eigenvalue weighted by molar-refractivity contribution is 7.11. The number of thiazole rings is 1. The van der Waals surface area contributed by atoms with E-state index in [9.17, 15) is 9.59 Å². The number of hydrogen-bond acceptors (Lipinski definition) is 4. The predicted octanol–water partition coefficient (Wildman–Crippen LogP) is 3.15. The average molecular weight is 343 g/mol. The van der Waals surface area contributed by atoms with Crippen LogP contribution < -0.4 is 10.6 Å². The van der Waals surface area contributed by atoms with E-state index in [1.54, 1.807) is 23.5 Å². The summed E-state index contributed by atoms with van der Waals surface area (Å²) in [7, 11) is 0. The van der Waals surface area contributed by atoms with Gasteiger partial charge in [0.2, 0.25) is 0 Å². The molecule has 1 aliphatic carbocycles. The molecule has 0 radical (unpaired) electrons. The molecule has 0 fully saturated rings. The fourth-order valence-corrected chi connectivity index (χ4v) is 3.86. The first-order chi connectivity index (χ1) is 11.5. The first kappa shape index (κ1) is 16.6. The van der Waals surface area contributed by atoms with Crippen LogP contribution in [0.2, 0.25) is 0 Å². The van der Waals surface area contributed by atoms with Crippen LogP contribution in [0.25, 0.3) is 0 Å². The molecule has 2 N–H and O–H groups in total. The van der Waals surface area contributed by atoms with Gasteiger partial charge in [0.15, 0.2) is 0 Å². The summed E-state index contributed by atoms with van der Waals surface area (Å²) in [6.45, 7) is 3.83. The maximum absolute atomic E-state index is 12.1. The van der Waals surface area contributed by atoms with E-state index in [2.05, 4.69) is 15.6 Å². The summed E-state index contributed by atoms with van der Waals surface area (Å²) < 4.78 is 0. The Hall–Kier alpha value is -2.21. The van der Waals surface area contributed by atoms with Gasteiger partial charge in [0, 0.05) is 10.6 Å². The fourth-order valence-electron chi connectivity index (χ4n) is 2.71. The highest BCUT2D eigenvalue weighted by Gasteiger charge is 2.22. The lowest BCUT2D eigenvalue weighted by atomic mass is 10.0. The molecule has 3 rings (SSSR count). The number of aryl methyl sites for hydroxylation is 3. The molecule has 2 amide bonds. The van der Waals surface area contributed by atoms with Crippen molar-refractivity contribution in [2.24, 2.45) is 0 Å². The summed E-state index contributed by atoms with van der Waals surface area (Å²) in [4.78, 5) is 30.1. The van der Waals surface area contributed by atoms with Crippen molar-refractivity contribution in [3.8, 4) is 0 Å². The summed E-state index contributed by atoms with van der Waals surface area (Å²) in [6, 6.07) is 7.06. The maximum atomic E-state index is 12.1. The number of fused-ring (bicyclic) bond motifs is 1. The Balaban J connectivity index is 1.60. The van der Waals surface area contributed by atoms with Crippen LogP contribution in [0.3, 0.4) is 0 Å². The minimum Gasteiger partial charge on any atom is -0.339 e. The zero-order valence-electron chi connectivity index (χ0n) is 13.9. The fraction of sp³-hybridized carbons (Fsp3) is 0.389. The number of rotatable bonds is 3. The Labute approximate surface area is 145 Å². The highest BCUT2D eigenvalue weighted by atomic mass is 32.1. The molecule has 6 heteroatoms. The number of aromatic nitrogens is 1. The molecule has 0 bridgehead atoms. The molecule has 1 aliphatic rings. The van der Waals surface area contributed by atoms with Gasteiger partial charge in [-0.1, -0.05) is 17.7 Å². The summed E-state index contributed by atoms with van der Waals surface area (Å²) in [5.74, 6) is -1.30. The standard InChI is InChI=1S/C18H21N3O2S/c1-11-7-9-13(10-8-11)20-17(23)16(22)19-12(2)18-21-14-5-3-4-6-15(14)24-18/h7-10,12H,3-6H2,1-2H3,(H,19,22)(H,20,23)/t12-/m0/s1. The van der Waals surface area contributed by atoms with Crippen molar-refractivity contribution < 1.29 is 9.59 Å². The number of anilines is 1. The van der Waals surface area contributed by atoms with Gasteiger partial charge in [-0.3, -0.25) is 9.59 Å². The molecule has 1 aromatic heterocycles. The molecule has 2 aromatic rings. The second-order valence-electron chi connectivity index (χ2n) is 6.14. The third kappa shape index (κ3) is 3.82. The SMILES string of the molecule is Cc1ccc(NC(=O)C(=O)N[C@@H](C)c2nc3c(s2)CCCC3)cc1. The highest BCUT2D eigenvalue weighted by Crippen LogP contribution is 2.29. The van der Waals surface area contributed by atoms with Crippen molar-refractivity contribution in [3.05, 3.63) is 45.4 Å². The normalized spacial score (nSPS) is 14.6. The van der Waals surface area contributed by atoms with E-state index < -0.39 is 11.8 Å². The van der Waals surface area contributed by atoms with E-state index in [1.807, 2.05) is 26.0 Å². The largest absolute Gasteiger partial charge is 0.339 e. The average Bonchev–Trinajstić information content (AvgIpc) is 3.01. The van der Waals surface area contributed by atoms with E-state index >= 15 is 0 Å². The van der Waals surface area contributed by atoms with E-state index in [0.29, 0.717) is 5.69 Å². The third-order valence-electron chi connectivity index (χ3n) is 4.10. The van der Waals surface area contributed by atoms with E-state index in [0.717, 1.165) is 29.1 Å². The van der Waals surface area contributed by atoms with Crippen LogP contribution in [0.4, 0.5) is 5.69 Å². The Morgan fingerprint density at radius 2 is 1.83 bits per heavy atom. The van der Waals surface area contributed by atoms with Crippen LogP contribution in [-0.2, 0) is 22.4 Å². The van der Waals surface area contributed by atoms with Crippen LogP contribution in [0.5, 0.6) is 0 Å². The Morgan fingerprint density at radius 1 is 1.12 bits per heavy atom. The number of carbonyl (C=O) groups excluding carboxylic acids is 2. The number of amides is 2. The summed E-state index contributed by atoms with van der Waals surface area (Å²) in [6.07, 6.45) is 4.46. The number of carbonyl (C=O) groups is 2. The summed E-state index contributed by atoms with van der Waals surface area (Å²) in [5.41, 5.74) is 2.86. The molecular formula is C18H21N3O2S. The molecular weight excluding hydrogens is 322 g/mol. The quantitative estimate of drug-likeness (QED) is 0.841. The van der Waals surface area contributed by atoms with Crippen LogP contribution in [0.1, 0.15) is 46.9 Å². The van der Waals surface area contributed by atoms with Crippen LogP contribution in [0, 0.1) is 6.92 Å². The van der Waals surface area contributed by atoms with Crippen LogP contribution in [0.15, 0.2) is 24.3 Å². The Bertz CT molecular complexity index is 729. The van der Waals surface area contributed by atoms with Gasteiger partial charge in [0.1, 0.15) is 5.01 Å². The lowest BCUT2D eigenvalue weighted by Gasteiger charge is -2.11. The Morgan fingerprint density at radius 3 is 2.54 bits per heavy atom. The smallest absolute Gasteiger partial charge is 0.313 e. The number of hydrogen-bond donors (Lipinski definition) is 2.